The monoisotopic (exact) mass is 209 g/mol. The highest BCUT2D eigenvalue weighted by molar-refractivity contribution is 5.77. The molecular formula is C10H11NO4. The number of carboxylic acid groups (broad SMARTS) is 2. The second-order valence-corrected chi connectivity index (χ2v) is 3.19. The summed E-state index contributed by atoms with van der Waals surface area (Å²) in [5.74, 6) is -3.07. The maximum Gasteiger partial charge on any atom is 0.307 e. The Morgan fingerprint density at radius 1 is 1.27 bits per heavy atom. The Labute approximate surface area is 86.4 Å². The second-order valence-electron chi connectivity index (χ2n) is 3.19. The summed E-state index contributed by atoms with van der Waals surface area (Å²) >= 11 is 0. The summed E-state index contributed by atoms with van der Waals surface area (Å²) in [5.41, 5.74) is 0.777. The molecule has 2 N–H and O–H groups in total. The van der Waals surface area contributed by atoms with Crippen LogP contribution in [0, 0.1) is 5.92 Å². The predicted octanol–water partition coefficient (Wildman–Crippen LogP) is 0.800. The smallest absolute Gasteiger partial charge is 0.307 e. The van der Waals surface area contributed by atoms with Gasteiger partial charge in [-0.3, -0.25) is 14.6 Å². The predicted molar refractivity (Wildman–Crippen MR) is 51.3 cm³/mol. The second kappa shape index (κ2) is 5.09. The average Bonchev–Trinajstić information content (AvgIpc) is 2.17. The van der Waals surface area contributed by atoms with E-state index in [1.165, 1.54) is 0 Å². The number of pyridine rings is 1. The van der Waals surface area contributed by atoms with Gasteiger partial charge in [0, 0.05) is 12.4 Å². The molecule has 1 aromatic heterocycles. The number of carboxylic acids is 2. The number of aliphatic carboxylic acids is 2. The summed E-state index contributed by atoms with van der Waals surface area (Å²) < 4.78 is 0. The highest BCUT2D eigenvalue weighted by Gasteiger charge is 2.21. The molecule has 5 heteroatoms. The van der Waals surface area contributed by atoms with Gasteiger partial charge in [0.25, 0.3) is 0 Å². The van der Waals surface area contributed by atoms with Crippen molar-refractivity contribution in [2.75, 3.05) is 0 Å². The van der Waals surface area contributed by atoms with Crippen LogP contribution >= 0.6 is 0 Å². The number of carbonyl (C=O) groups is 2. The largest absolute Gasteiger partial charge is 0.481 e. The van der Waals surface area contributed by atoms with Crippen LogP contribution in [0.5, 0.6) is 0 Å². The number of aromatic nitrogens is 1. The molecule has 0 saturated carbocycles. The van der Waals surface area contributed by atoms with Crippen LogP contribution in [0.15, 0.2) is 24.5 Å². The molecule has 15 heavy (non-hydrogen) atoms. The molecule has 0 radical (unpaired) electrons. The average molecular weight is 209 g/mol. The van der Waals surface area contributed by atoms with Crippen LogP contribution in [-0.2, 0) is 16.0 Å². The molecule has 0 saturated heterocycles. The lowest BCUT2D eigenvalue weighted by molar-refractivity contribution is -0.148. The standard InChI is InChI=1S/C10H11NO4/c12-9(13)6-8(10(14)15)5-7-1-3-11-4-2-7/h1-4,8H,5-6H2,(H,12,13)(H,14,15). The fraction of sp³-hybridized carbons (Fsp3) is 0.300. The molecule has 1 unspecified atom stereocenters. The van der Waals surface area contributed by atoms with Gasteiger partial charge in [0.05, 0.1) is 12.3 Å². The van der Waals surface area contributed by atoms with Gasteiger partial charge in [0.2, 0.25) is 0 Å². The highest BCUT2D eigenvalue weighted by atomic mass is 16.4. The summed E-state index contributed by atoms with van der Waals surface area (Å²) in [4.78, 5) is 25.0. The lowest BCUT2D eigenvalue weighted by Crippen LogP contribution is -2.20. The number of nitrogens with zero attached hydrogens (tertiary/aromatic N) is 1. The van der Waals surface area contributed by atoms with E-state index in [-0.39, 0.29) is 12.8 Å². The lowest BCUT2D eigenvalue weighted by atomic mass is 9.97. The zero-order valence-corrected chi connectivity index (χ0v) is 7.96. The van der Waals surface area contributed by atoms with Crippen molar-refractivity contribution in [2.24, 2.45) is 5.92 Å². The molecule has 0 amide bonds. The Hall–Kier alpha value is -1.91. The van der Waals surface area contributed by atoms with Crippen molar-refractivity contribution in [3.05, 3.63) is 30.1 Å². The third-order valence-electron chi connectivity index (χ3n) is 2.00. The van der Waals surface area contributed by atoms with E-state index in [4.69, 9.17) is 10.2 Å². The fourth-order valence-electron chi connectivity index (χ4n) is 1.26. The Bertz CT molecular complexity index is 350. The molecule has 0 aliphatic rings. The highest BCUT2D eigenvalue weighted by Crippen LogP contribution is 2.12. The van der Waals surface area contributed by atoms with Gasteiger partial charge in [-0.2, -0.15) is 0 Å². The molecule has 5 nitrogen and oxygen atoms in total. The van der Waals surface area contributed by atoms with E-state index < -0.39 is 17.9 Å². The van der Waals surface area contributed by atoms with Gasteiger partial charge < -0.3 is 10.2 Å². The number of hydrogen-bond acceptors (Lipinski definition) is 3. The molecule has 1 atom stereocenters. The third kappa shape index (κ3) is 3.76. The van der Waals surface area contributed by atoms with Crippen molar-refractivity contribution in [1.29, 1.82) is 0 Å². The van der Waals surface area contributed by atoms with Crippen molar-refractivity contribution in [1.82, 2.24) is 4.98 Å². The lowest BCUT2D eigenvalue weighted by Gasteiger charge is -2.08. The quantitative estimate of drug-likeness (QED) is 0.748. The van der Waals surface area contributed by atoms with Crippen LogP contribution in [0.25, 0.3) is 0 Å². The molecular weight excluding hydrogens is 198 g/mol. The minimum Gasteiger partial charge on any atom is -0.481 e. The van der Waals surface area contributed by atoms with Gasteiger partial charge in [-0.25, -0.2) is 0 Å². The van der Waals surface area contributed by atoms with E-state index in [0.717, 1.165) is 5.56 Å². The SMILES string of the molecule is O=C(O)CC(Cc1ccncc1)C(=O)O. The van der Waals surface area contributed by atoms with Gasteiger partial charge in [0.1, 0.15) is 0 Å². The van der Waals surface area contributed by atoms with Crippen molar-refractivity contribution in [3.63, 3.8) is 0 Å². The van der Waals surface area contributed by atoms with Crippen LogP contribution < -0.4 is 0 Å². The van der Waals surface area contributed by atoms with Crippen LogP contribution in [0.1, 0.15) is 12.0 Å². The van der Waals surface area contributed by atoms with Gasteiger partial charge in [0.15, 0.2) is 0 Å². The maximum absolute atomic E-state index is 10.8. The zero-order chi connectivity index (χ0) is 11.3. The molecule has 0 aliphatic heterocycles. The Balaban J connectivity index is 2.67. The molecule has 1 heterocycles. The van der Waals surface area contributed by atoms with Crippen LogP contribution in [-0.4, -0.2) is 27.1 Å². The summed E-state index contributed by atoms with van der Waals surface area (Å²) in [7, 11) is 0. The molecule has 80 valence electrons. The minimum atomic E-state index is -1.10. The first-order valence-corrected chi connectivity index (χ1v) is 4.43. The van der Waals surface area contributed by atoms with Crippen LogP contribution in [0.4, 0.5) is 0 Å². The number of hydrogen-bond donors (Lipinski definition) is 2. The van der Waals surface area contributed by atoms with E-state index in [1.807, 2.05) is 0 Å². The van der Waals surface area contributed by atoms with Gasteiger partial charge >= 0.3 is 11.9 Å². The minimum absolute atomic E-state index is 0.212. The fourth-order valence-corrected chi connectivity index (χ4v) is 1.26. The molecule has 1 rings (SSSR count). The molecule has 0 aliphatic carbocycles. The Kier molecular flexibility index (Phi) is 3.79. The van der Waals surface area contributed by atoms with Gasteiger partial charge in [-0.05, 0) is 24.1 Å². The Morgan fingerprint density at radius 2 is 1.87 bits per heavy atom. The first-order valence-electron chi connectivity index (χ1n) is 4.43. The van der Waals surface area contributed by atoms with E-state index >= 15 is 0 Å². The first-order chi connectivity index (χ1) is 7.09. The Morgan fingerprint density at radius 3 is 2.33 bits per heavy atom. The van der Waals surface area contributed by atoms with Crippen molar-refractivity contribution >= 4 is 11.9 Å². The molecule has 0 fully saturated rings. The molecule has 0 bridgehead atoms. The summed E-state index contributed by atoms with van der Waals surface area (Å²) in [6, 6.07) is 3.36. The molecule has 1 aromatic rings. The number of rotatable bonds is 5. The van der Waals surface area contributed by atoms with Crippen LogP contribution in [0.2, 0.25) is 0 Å². The van der Waals surface area contributed by atoms with Crippen molar-refractivity contribution in [2.45, 2.75) is 12.8 Å². The van der Waals surface area contributed by atoms with Gasteiger partial charge in [-0.15, -0.1) is 0 Å². The van der Waals surface area contributed by atoms with E-state index in [0.29, 0.717) is 0 Å². The van der Waals surface area contributed by atoms with Gasteiger partial charge in [-0.1, -0.05) is 0 Å². The summed E-state index contributed by atoms with van der Waals surface area (Å²) in [6.45, 7) is 0. The van der Waals surface area contributed by atoms with E-state index in [9.17, 15) is 9.59 Å². The molecule has 0 aromatic carbocycles. The normalized spacial score (nSPS) is 12.0. The summed E-state index contributed by atoms with van der Waals surface area (Å²) in [6.07, 6.45) is 2.95. The van der Waals surface area contributed by atoms with E-state index in [1.54, 1.807) is 24.5 Å². The van der Waals surface area contributed by atoms with Crippen LogP contribution in [0.3, 0.4) is 0 Å². The topological polar surface area (TPSA) is 87.5 Å². The van der Waals surface area contributed by atoms with Crippen molar-refractivity contribution < 1.29 is 19.8 Å². The third-order valence-corrected chi connectivity index (χ3v) is 2.00. The van der Waals surface area contributed by atoms with E-state index in [2.05, 4.69) is 4.98 Å². The maximum atomic E-state index is 10.8. The van der Waals surface area contributed by atoms with Crippen molar-refractivity contribution in [3.8, 4) is 0 Å². The summed E-state index contributed by atoms with van der Waals surface area (Å²) in [5, 5.41) is 17.3. The molecule has 0 spiro atoms. The zero-order valence-electron chi connectivity index (χ0n) is 7.96. The first kappa shape index (κ1) is 11.2.